The fourth-order valence-electron chi connectivity index (χ4n) is 4.68. The zero-order valence-electron chi connectivity index (χ0n) is 22.5. The number of urea groups is 1. The summed E-state index contributed by atoms with van der Waals surface area (Å²) in [6, 6.07) is 0.366. The molecular weight excluding hydrogens is 488 g/mol. The molecule has 0 bridgehead atoms. The van der Waals surface area contributed by atoms with Gasteiger partial charge in [-0.2, -0.15) is 11.8 Å². The number of hydrogen-bond donors (Lipinski definition) is 5. The topological polar surface area (TPSA) is 120 Å². The fourth-order valence-corrected chi connectivity index (χ4v) is 6.23. The highest BCUT2D eigenvalue weighted by atomic mass is 32.2. The molecule has 8 nitrogen and oxygen atoms in total. The zero-order chi connectivity index (χ0) is 26.7. The molecule has 0 aliphatic carbocycles. The Balaban J connectivity index is 1.36. The molecule has 0 aromatic rings. The minimum atomic E-state index is -0.335. The van der Waals surface area contributed by atoms with Gasteiger partial charge in [0.05, 0.1) is 18.2 Å². The number of rotatable bonds is 19. The van der Waals surface area contributed by atoms with E-state index < -0.39 is 0 Å². The van der Waals surface area contributed by atoms with Gasteiger partial charge in [-0.1, -0.05) is 76.2 Å². The predicted molar refractivity (Wildman–Crippen MR) is 151 cm³/mol. The largest absolute Gasteiger partial charge is 0.389 e. The van der Waals surface area contributed by atoms with Crippen LogP contribution in [0, 0.1) is 0 Å². The maximum absolute atomic E-state index is 12.0. The molecular formula is C28H48N4O4S. The highest BCUT2D eigenvalue weighted by Gasteiger charge is 2.42. The summed E-state index contributed by atoms with van der Waals surface area (Å²) in [6.45, 7) is 2.16. The molecule has 9 heteroatoms. The van der Waals surface area contributed by atoms with E-state index >= 15 is 0 Å². The fraction of sp³-hybridized carbons (Fsp3) is 0.750. The number of thioether (sulfide) groups is 1. The van der Waals surface area contributed by atoms with E-state index in [1.54, 1.807) is 0 Å². The van der Waals surface area contributed by atoms with Crippen LogP contribution < -0.4 is 21.5 Å². The van der Waals surface area contributed by atoms with Crippen molar-refractivity contribution in [3.05, 3.63) is 24.3 Å². The lowest BCUT2D eigenvalue weighted by atomic mass is 10.0. The summed E-state index contributed by atoms with van der Waals surface area (Å²) in [4.78, 5) is 35.3. The first-order valence-electron chi connectivity index (χ1n) is 14.3. The molecule has 4 amide bonds. The first-order valence-corrected chi connectivity index (χ1v) is 15.3. The number of amides is 4. The van der Waals surface area contributed by atoms with E-state index in [4.69, 9.17) is 0 Å². The van der Waals surface area contributed by atoms with Crippen molar-refractivity contribution < 1.29 is 19.5 Å². The monoisotopic (exact) mass is 536 g/mol. The summed E-state index contributed by atoms with van der Waals surface area (Å²) in [5, 5.41) is 16.2. The number of fused-ring (bicyclic) bond motifs is 1. The van der Waals surface area contributed by atoms with Crippen molar-refractivity contribution in [1.29, 1.82) is 0 Å². The number of carbonyl (C=O) groups excluding carboxylic acids is 3. The van der Waals surface area contributed by atoms with Gasteiger partial charge in [-0.25, -0.2) is 4.79 Å². The van der Waals surface area contributed by atoms with Crippen LogP contribution in [0.3, 0.4) is 0 Å². The Hall–Kier alpha value is -2.00. The first-order chi connectivity index (χ1) is 18.0. The SMILES string of the molecule is CCCCCC(O)C=CC=CCCCCCCCC(=O)NNC(=O)CCCCC1SCC2NC(=O)NC21. The van der Waals surface area contributed by atoms with Gasteiger partial charge in [-0.05, 0) is 38.5 Å². The number of hydrogen-bond acceptors (Lipinski definition) is 5. The second kappa shape index (κ2) is 19.1. The number of aliphatic hydroxyl groups is 1. The Morgan fingerprint density at radius 3 is 2.43 bits per heavy atom. The van der Waals surface area contributed by atoms with Crippen LogP contribution in [0.15, 0.2) is 24.3 Å². The molecule has 0 spiro atoms. The highest BCUT2D eigenvalue weighted by molar-refractivity contribution is 8.00. The average molecular weight is 537 g/mol. The van der Waals surface area contributed by atoms with Crippen molar-refractivity contribution >= 4 is 29.6 Å². The lowest BCUT2D eigenvalue weighted by molar-refractivity contribution is -0.129. The predicted octanol–water partition coefficient (Wildman–Crippen LogP) is 4.64. The van der Waals surface area contributed by atoms with Gasteiger partial charge in [-0.15, -0.1) is 0 Å². The van der Waals surface area contributed by atoms with E-state index in [0.717, 1.165) is 76.4 Å². The minimum absolute atomic E-state index is 0.0714. The molecule has 2 aliphatic rings. The van der Waals surface area contributed by atoms with Crippen molar-refractivity contribution in [2.75, 3.05) is 5.75 Å². The van der Waals surface area contributed by atoms with Crippen LogP contribution in [0.25, 0.3) is 0 Å². The molecule has 5 N–H and O–H groups in total. The van der Waals surface area contributed by atoms with Crippen molar-refractivity contribution in [3.8, 4) is 0 Å². The molecule has 0 radical (unpaired) electrons. The molecule has 37 heavy (non-hydrogen) atoms. The van der Waals surface area contributed by atoms with Gasteiger partial charge in [0.25, 0.3) is 0 Å². The number of aliphatic hydroxyl groups excluding tert-OH is 1. The van der Waals surface area contributed by atoms with Crippen LogP contribution in [0.1, 0.15) is 103 Å². The smallest absolute Gasteiger partial charge is 0.315 e. The molecule has 0 saturated carbocycles. The summed E-state index contributed by atoms with van der Waals surface area (Å²) < 4.78 is 0. The summed E-state index contributed by atoms with van der Waals surface area (Å²) in [6.07, 6.45) is 21.6. The summed E-state index contributed by atoms with van der Waals surface area (Å²) in [7, 11) is 0. The van der Waals surface area contributed by atoms with Gasteiger partial charge < -0.3 is 15.7 Å². The highest BCUT2D eigenvalue weighted by Crippen LogP contribution is 2.33. The second-order valence-electron chi connectivity index (χ2n) is 10.1. The molecule has 2 aliphatic heterocycles. The third-order valence-corrected chi connectivity index (χ3v) is 8.39. The van der Waals surface area contributed by atoms with E-state index in [1.165, 1.54) is 12.8 Å². The molecule has 2 rings (SSSR count). The Kier molecular flexibility index (Phi) is 16.1. The van der Waals surface area contributed by atoms with Gasteiger partial charge in [0.1, 0.15) is 0 Å². The third-order valence-electron chi connectivity index (χ3n) is 6.88. The van der Waals surface area contributed by atoms with E-state index in [9.17, 15) is 19.5 Å². The molecule has 4 atom stereocenters. The molecule has 2 heterocycles. The summed E-state index contributed by atoms with van der Waals surface area (Å²) >= 11 is 1.88. The van der Waals surface area contributed by atoms with Crippen LogP contribution in [0.4, 0.5) is 4.79 Å². The normalized spacial score (nSPS) is 21.7. The van der Waals surface area contributed by atoms with Gasteiger partial charge in [0.2, 0.25) is 11.8 Å². The van der Waals surface area contributed by atoms with Crippen molar-refractivity contribution in [2.45, 2.75) is 127 Å². The van der Waals surface area contributed by atoms with Crippen molar-refractivity contribution in [1.82, 2.24) is 21.5 Å². The molecule has 2 fully saturated rings. The molecule has 0 aromatic heterocycles. The van der Waals surface area contributed by atoms with Crippen molar-refractivity contribution in [3.63, 3.8) is 0 Å². The maximum Gasteiger partial charge on any atom is 0.315 e. The number of hydrazine groups is 1. The zero-order valence-corrected chi connectivity index (χ0v) is 23.3. The molecule has 4 unspecified atom stereocenters. The van der Waals surface area contributed by atoms with Crippen LogP contribution in [-0.2, 0) is 9.59 Å². The van der Waals surface area contributed by atoms with Crippen LogP contribution in [0.5, 0.6) is 0 Å². The average Bonchev–Trinajstić information content (AvgIpc) is 3.43. The molecule has 0 aromatic carbocycles. The first kappa shape index (κ1) is 31.2. The van der Waals surface area contributed by atoms with E-state index in [0.29, 0.717) is 18.1 Å². The third kappa shape index (κ3) is 13.9. The maximum atomic E-state index is 12.0. The minimum Gasteiger partial charge on any atom is -0.389 e. The lowest BCUT2D eigenvalue weighted by Crippen LogP contribution is -2.41. The van der Waals surface area contributed by atoms with Crippen LogP contribution >= 0.6 is 11.8 Å². The Morgan fingerprint density at radius 1 is 0.973 bits per heavy atom. The Morgan fingerprint density at radius 2 is 1.68 bits per heavy atom. The number of nitrogens with one attached hydrogen (secondary N) is 4. The van der Waals surface area contributed by atoms with Crippen molar-refractivity contribution in [2.24, 2.45) is 0 Å². The standard InChI is InChI=1S/C28H48N4O4S/c1-2-3-11-16-22(33)17-12-9-7-5-4-6-8-10-13-19-25(34)31-32-26(35)20-15-14-18-24-27-23(21-37-24)29-28(36)30-27/h7,9,12,17,22-24,27,33H,2-6,8,10-11,13-16,18-21H2,1H3,(H,31,34)(H,32,35)(H2,29,30,36). The van der Waals surface area contributed by atoms with Gasteiger partial charge in [0, 0.05) is 23.8 Å². The Labute approximate surface area is 227 Å². The van der Waals surface area contributed by atoms with E-state index in [-0.39, 0.29) is 36.0 Å². The number of carbonyl (C=O) groups is 3. The van der Waals surface area contributed by atoms with Gasteiger partial charge in [0.15, 0.2) is 0 Å². The Bertz CT molecular complexity index is 746. The molecule has 2 saturated heterocycles. The van der Waals surface area contributed by atoms with Crippen LogP contribution in [-0.4, -0.2) is 52.1 Å². The second-order valence-corrected chi connectivity index (χ2v) is 11.4. The van der Waals surface area contributed by atoms with E-state index in [1.807, 2.05) is 30.0 Å². The molecule has 210 valence electrons. The summed E-state index contributed by atoms with van der Waals surface area (Å²) in [5.41, 5.74) is 5.04. The number of unbranched alkanes of at least 4 members (excludes halogenated alkanes) is 8. The van der Waals surface area contributed by atoms with Gasteiger partial charge >= 0.3 is 6.03 Å². The quantitative estimate of drug-likeness (QED) is 0.0713. The van der Waals surface area contributed by atoms with Crippen LogP contribution in [0.2, 0.25) is 0 Å². The number of allylic oxidation sites excluding steroid dienone is 3. The van der Waals surface area contributed by atoms with E-state index in [2.05, 4.69) is 34.5 Å². The summed E-state index contributed by atoms with van der Waals surface area (Å²) in [5.74, 6) is 0.648. The lowest BCUT2D eigenvalue weighted by Gasteiger charge is -2.16. The van der Waals surface area contributed by atoms with Gasteiger partial charge in [-0.3, -0.25) is 20.4 Å².